The Kier molecular flexibility index (Phi) is 3.42. The Morgan fingerprint density at radius 3 is 2.79 bits per heavy atom. The van der Waals surface area contributed by atoms with Crippen LogP contribution in [0.3, 0.4) is 0 Å². The third-order valence-electron chi connectivity index (χ3n) is 1.79. The van der Waals surface area contributed by atoms with E-state index in [1.807, 2.05) is 0 Å². The van der Waals surface area contributed by atoms with E-state index in [0.717, 1.165) is 0 Å². The highest BCUT2D eigenvalue weighted by atomic mass is 31.0. The van der Waals surface area contributed by atoms with Crippen molar-refractivity contribution in [3.63, 3.8) is 0 Å². The summed E-state index contributed by atoms with van der Waals surface area (Å²) in [5.74, 6) is -0.411. The summed E-state index contributed by atoms with van der Waals surface area (Å²) in [5, 5.41) is 0.652. The van der Waals surface area contributed by atoms with Gasteiger partial charge < -0.3 is 10.5 Å². The highest BCUT2D eigenvalue weighted by Crippen LogP contribution is 2.19. The number of primary amides is 1. The standard InChI is InChI=1S/C9H11FNO2P/c1-5(13-9(11)12)8-6(10)3-2-4-7(8)14/h2-5H,14H2,1H3,(H2,11,12). The van der Waals surface area contributed by atoms with E-state index in [1.54, 1.807) is 19.1 Å². The van der Waals surface area contributed by atoms with Gasteiger partial charge in [-0.3, -0.25) is 0 Å². The zero-order valence-electron chi connectivity index (χ0n) is 7.66. The van der Waals surface area contributed by atoms with Gasteiger partial charge in [0.2, 0.25) is 0 Å². The lowest BCUT2D eigenvalue weighted by Crippen LogP contribution is -2.19. The fourth-order valence-electron chi connectivity index (χ4n) is 1.22. The van der Waals surface area contributed by atoms with Crippen LogP contribution in [0, 0.1) is 5.82 Å². The lowest BCUT2D eigenvalue weighted by molar-refractivity contribution is 0.115. The van der Waals surface area contributed by atoms with E-state index >= 15 is 0 Å². The second-order valence-electron chi connectivity index (χ2n) is 2.82. The molecule has 2 atom stereocenters. The predicted octanol–water partition coefficient (Wildman–Crippen LogP) is 1.48. The Morgan fingerprint density at radius 2 is 2.29 bits per heavy atom. The molecule has 0 aromatic heterocycles. The van der Waals surface area contributed by atoms with E-state index in [-0.39, 0.29) is 0 Å². The molecule has 0 aliphatic carbocycles. The van der Waals surface area contributed by atoms with Crippen LogP contribution in [0.25, 0.3) is 0 Å². The van der Waals surface area contributed by atoms with Crippen LogP contribution in [0.5, 0.6) is 0 Å². The number of halogens is 1. The van der Waals surface area contributed by atoms with E-state index < -0.39 is 18.0 Å². The summed E-state index contributed by atoms with van der Waals surface area (Å²) in [6, 6.07) is 4.60. The molecule has 0 saturated carbocycles. The highest BCUT2D eigenvalue weighted by molar-refractivity contribution is 7.27. The zero-order valence-corrected chi connectivity index (χ0v) is 8.81. The molecule has 0 aliphatic rings. The summed E-state index contributed by atoms with van der Waals surface area (Å²) in [4.78, 5) is 10.5. The Bertz CT molecular complexity index is 336. The Hall–Kier alpha value is -1.15. The summed E-state index contributed by atoms with van der Waals surface area (Å²) in [5.41, 5.74) is 5.17. The maximum Gasteiger partial charge on any atom is 0.405 e. The third kappa shape index (κ3) is 2.42. The van der Waals surface area contributed by atoms with Gasteiger partial charge in [0.25, 0.3) is 0 Å². The number of nitrogens with two attached hydrogens (primary N) is 1. The van der Waals surface area contributed by atoms with Crippen molar-refractivity contribution < 1.29 is 13.9 Å². The number of carbonyl (C=O) groups is 1. The van der Waals surface area contributed by atoms with E-state index in [0.29, 0.717) is 10.9 Å². The van der Waals surface area contributed by atoms with Crippen LogP contribution in [0.4, 0.5) is 9.18 Å². The summed E-state index contributed by atoms with van der Waals surface area (Å²) in [7, 11) is 2.38. The molecule has 1 rings (SSSR count). The smallest absolute Gasteiger partial charge is 0.405 e. The number of hydrogen-bond acceptors (Lipinski definition) is 2. The molecule has 5 heteroatoms. The first-order chi connectivity index (χ1) is 6.52. The van der Waals surface area contributed by atoms with E-state index in [1.165, 1.54) is 6.07 Å². The van der Waals surface area contributed by atoms with Gasteiger partial charge in [-0.1, -0.05) is 12.1 Å². The van der Waals surface area contributed by atoms with E-state index in [9.17, 15) is 9.18 Å². The van der Waals surface area contributed by atoms with Crippen LogP contribution in [0.15, 0.2) is 18.2 Å². The van der Waals surface area contributed by atoms with Gasteiger partial charge in [-0.25, -0.2) is 9.18 Å². The van der Waals surface area contributed by atoms with Crippen molar-refractivity contribution in [3.05, 3.63) is 29.6 Å². The molecule has 3 nitrogen and oxygen atoms in total. The number of hydrogen-bond donors (Lipinski definition) is 1. The largest absolute Gasteiger partial charge is 0.442 e. The van der Waals surface area contributed by atoms with Gasteiger partial charge >= 0.3 is 6.09 Å². The highest BCUT2D eigenvalue weighted by Gasteiger charge is 2.15. The van der Waals surface area contributed by atoms with Crippen molar-refractivity contribution in [2.75, 3.05) is 0 Å². The minimum absolute atomic E-state index is 0.330. The van der Waals surface area contributed by atoms with Gasteiger partial charge in [-0.15, -0.1) is 9.24 Å². The molecule has 0 heterocycles. The first-order valence-corrected chi connectivity index (χ1v) is 4.60. The van der Waals surface area contributed by atoms with Crippen molar-refractivity contribution >= 4 is 20.6 Å². The summed E-state index contributed by atoms with van der Waals surface area (Å²) in [6.07, 6.45) is -1.59. The lowest BCUT2D eigenvalue weighted by atomic mass is 10.1. The molecule has 1 amide bonds. The second kappa shape index (κ2) is 4.38. The molecule has 0 bridgehead atoms. The second-order valence-corrected chi connectivity index (χ2v) is 3.44. The molecule has 1 aromatic rings. The van der Waals surface area contributed by atoms with Gasteiger partial charge in [0.1, 0.15) is 11.9 Å². The van der Waals surface area contributed by atoms with Crippen molar-refractivity contribution in [1.29, 1.82) is 0 Å². The monoisotopic (exact) mass is 215 g/mol. The Balaban J connectivity index is 2.99. The summed E-state index contributed by atoms with van der Waals surface area (Å²) in [6.45, 7) is 1.57. The maximum absolute atomic E-state index is 13.3. The van der Waals surface area contributed by atoms with Gasteiger partial charge in [0, 0.05) is 5.56 Å². The van der Waals surface area contributed by atoms with Crippen LogP contribution < -0.4 is 11.0 Å². The molecule has 0 saturated heterocycles. The Labute approximate surface area is 83.6 Å². The average Bonchev–Trinajstić information content (AvgIpc) is 2.01. The van der Waals surface area contributed by atoms with E-state index in [4.69, 9.17) is 5.73 Å². The number of carbonyl (C=O) groups excluding carboxylic acids is 1. The third-order valence-corrected chi connectivity index (χ3v) is 2.29. The molecule has 0 spiro atoms. The van der Waals surface area contributed by atoms with Crippen LogP contribution in [-0.2, 0) is 4.74 Å². The van der Waals surface area contributed by atoms with Crippen molar-refractivity contribution in [2.24, 2.45) is 5.73 Å². The van der Waals surface area contributed by atoms with Gasteiger partial charge in [0.15, 0.2) is 0 Å². The molecule has 1 aromatic carbocycles. The fourth-order valence-corrected chi connectivity index (χ4v) is 1.70. The molecule has 0 radical (unpaired) electrons. The molecule has 2 unspecified atom stereocenters. The maximum atomic E-state index is 13.3. The summed E-state index contributed by atoms with van der Waals surface area (Å²) < 4.78 is 18.0. The first kappa shape index (κ1) is 10.9. The predicted molar refractivity (Wildman–Crippen MR) is 54.8 cm³/mol. The number of amides is 1. The van der Waals surface area contributed by atoms with Crippen LogP contribution in [0.2, 0.25) is 0 Å². The number of rotatable bonds is 2. The van der Waals surface area contributed by atoms with Gasteiger partial charge in [0.05, 0.1) is 0 Å². The SMILES string of the molecule is CC(OC(N)=O)c1c(F)cccc1P. The number of benzene rings is 1. The molecule has 2 N–H and O–H groups in total. The molecule has 76 valence electrons. The molecule has 14 heavy (non-hydrogen) atoms. The quantitative estimate of drug-likeness (QED) is 0.759. The molecular weight excluding hydrogens is 204 g/mol. The van der Waals surface area contributed by atoms with Crippen LogP contribution >= 0.6 is 9.24 Å². The van der Waals surface area contributed by atoms with Crippen molar-refractivity contribution in [3.8, 4) is 0 Å². The van der Waals surface area contributed by atoms with Gasteiger partial charge in [-0.2, -0.15) is 0 Å². The van der Waals surface area contributed by atoms with Crippen LogP contribution in [-0.4, -0.2) is 6.09 Å². The minimum atomic E-state index is -0.912. The molecule has 0 aliphatic heterocycles. The summed E-state index contributed by atoms with van der Waals surface area (Å²) >= 11 is 0. The zero-order chi connectivity index (χ0) is 10.7. The topological polar surface area (TPSA) is 52.3 Å². The lowest BCUT2D eigenvalue weighted by Gasteiger charge is -2.14. The van der Waals surface area contributed by atoms with E-state index in [2.05, 4.69) is 14.0 Å². The van der Waals surface area contributed by atoms with Crippen molar-refractivity contribution in [2.45, 2.75) is 13.0 Å². The normalized spacial score (nSPS) is 12.2. The first-order valence-electron chi connectivity index (χ1n) is 4.02. The Morgan fingerprint density at radius 1 is 1.64 bits per heavy atom. The molecule has 0 fully saturated rings. The average molecular weight is 215 g/mol. The molecular formula is C9H11FNO2P. The van der Waals surface area contributed by atoms with Crippen LogP contribution in [0.1, 0.15) is 18.6 Å². The number of ether oxygens (including phenoxy) is 1. The minimum Gasteiger partial charge on any atom is -0.442 e. The fraction of sp³-hybridized carbons (Fsp3) is 0.222. The van der Waals surface area contributed by atoms with Gasteiger partial charge in [-0.05, 0) is 18.3 Å². The van der Waals surface area contributed by atoms with Crippen molar-refractivity contribution in [1.82, 2.24) is 0 Å².